The number of aromatic nitrogens is 1. The van der Waals surface area contributed by atoms with E-state index in [0.29, 0.717) is 54.7 Å². The van der Waals surface area contributed by atoms with E-state index in [1.54, 1.807) is 12.1 Å². The summed E-state index contributed by atoms with van der Waals surface area (Å²) in [7, 11) is 0. The maximum Gasteiger partial charge on any atom is 0.279 e. The second-order valence-electron chi connectivity index (χ2n) is 7.19. The molecule has 0 radical (unpaired) electrons. The van der Waals surface area contributed by atoms with Gasteiger partial charge in [0.25, 0.3) is 5.91 Å². The Balaban J connectivity index is 1.99. The molecule has 0 aliphatic heterocycles. The van der Waals surface area contributed by atoms with E-state index in [1.807, 2.05) is 49.7 Å². The predicted molar refractivity (Wildman–Crippen MR) is 125 cm³/mol. The molecule has 0 aliphatic carbocycles. The minimum Gasteiger partial charge on any atom is -0.490 e. The third kappa shape index (κ3) is 5.78. The molecule has 0 fully saturated rings. The second-order valence-corrected chi connectivity index (χ2v) is 7.19. The maximum absolute atomic E-state index is 13.1. The molecule has 1 amide bonds. The molecule has 0 N–H and O–H groups in total. The topological polar surface area (TPSA) is 62.0 Å². The van der Waals surface area contributed by atoms with Crippen molar-refractivity contribution in [1.29, 1.82) is 0 Å². The lowest BCUT2D eigenvalue weighted by Crippen LogP contribution is -2.22. The molecule has 0 saturated carbocycles. The van der Waals surface area contributed by atoms with Gasteiger partial charge in [0.2, 0.25) is 5.75 Å². The molecule has 0 bridgehead atoms. The number of hydrogen-bond donors (Lipinski definition) is 0. The normalized spacial score (nSPS) is 11.3. The number of amides is 1. The highest BCUT2D eigenvalue weighted by molar-refractivity contribution is 5.96. The van der Waals surface area contributed by atoms with Gasteiger partial charge in [-0.1, -0.05) is 35.9 Å². The molecule has 0 saturated heterocycles. The van der Waals surface area contributed by atoms with Crippen molar-refractivity contribution >= 4 is 5.91 Å². The van der Waals surface area contributed by atoms with E-state index in [4.69, 9.17) is 14.2 Å². The Morgan fingerprint density at radius 3 is 2.09 bits per heavy atom. The van der Waals surface area contributed by atoms with Crippen LogP contribution >= 0.6 is 0 Å². The summed E-state index contributed by atoms with van der Waals surface area (Å²) < 4.78 is 19.1. The number of carbonyl (C=O) groups is 1. The van der Waals surface area contributed by atoms with Gasteiger partial charge >= 0.3 is 0 Å². The standard InChI is InChI=1S/C26H30N2O4/c1-5-30-22-16-21(17-23(31-6-2)25(22)32-7-3)26(29)27-24-10-8-9-15-28(24)18-20-13-11-19(4)12-14-20/h8-17H,5-7,18H2,1-4H3. The van der Waals surface area contributed by atoms with E-state index >= 15 is 0 Å². The van der Waals surface area contributed by atoms with Gasteiger partial charge in [-0.2, -0.15) is 4.99 Å². The van der Waals surface area contributed by atoms with Crippen LogP contribution < -0.4 is 19.7 Å². The predicted octanol–water partition coefficient (Wildman–Crippen LogP) is 4.78. The van der Waals surface area contributed by atoms with E-state index in [0.717, 1.165) is 5.56 Å². The number of hydrogen-bond acceptors (Lipinski definition) is 4. The molecule has 0 atom stereocenters. The molecule has 2 aromatic carbocycles. The van der Waals surface area contributed by atoms with Crippen LogP contribution in [0.25, 0.3) is 0 Å². The van der Waals surface area contributed by atoms with E-state index in [1.165, 1.54) is 5.56 Å². The summed E-state index contributed by atoms with van der Waals surface area (Å²) >= 11 is 0. The largest absolute Gasteiger partial charge is 0.490 e. The SMILES string of the molecule is CCOc1cc(C(=O)N=c2ccccn2Cc2ccc(C)cc2)cc(OCC)c1OCC. The van der Waals surface area contributed by atoms with Crippen LogP contribution in [0.2, 0.25) is 0 Å². The van der Waals surface area contributed by atoms with E-state index < -0.39 is 0 Å². The zero-order valence-electron chi connectivity index (χ0n) is 19.1. The Morgan fingerprint density at radius 1 is 0.875 bits per heavy atom. The van der Waals surface area contributed by atoms with Crippen LogP contribution in [-0.4, -0.2) is 30.3 Å². The molecular formula is C26H30N2O4. The van der Waals surface area contributed by atoms with Crippen LogP contribution in [0.4, 0.5) is 0 Å². The minimum atomic E-state index is -0.376. The Labute approximate surface area is 189 Å². The highest BCUT2D eigenvalue weighted by atomic mass is 16.5. The van der Waals surface area contributed by atoms with Gasteiger partial charge in [-0.3, -0.25) is 4.79 Å². The summed E-state index contributed by atoms with van der Waals surface area (Å²) in [6.45, 7) is 9.67. The highest BCUT2D eigenvalue weighted by Gasteiger charge is 2.18. The van der Waals surface area contributed by atoms with Crippen LogP contribution in [0.5, 0.6) is 17.2 Å². The Bertz CT molecular complexity index is 1090. The minimum absolute atomic E-state index is 0.376. The quantitative estimate of drug-likeness (QED) is 0.486. The number of pyridine rings is 1. The van der Waals surface area contributed by atoms with Crippen molar-refractivity contribution in [2.24, 2.45) is 4.99 Å². The number of aryl methyl sites for hydroxylation is 1. The van der Waals surface area contributed by atoms with Gasteiger partial charge in [-0.05, 0) is 57.5 Å². The van der Waals surface area contributed by atoms with Crippen molar-refractivity contribution in [3.8, 4) is 17.2 Å². The molecule has 6 heteroatoms. The molecular weight excluding hydrogens is 404 g/mol. The van der Waals surface area contributed by atoms with Crippen LogP contribution in [0.15, 0.2) is 65.8 Å². The smallest absolute Gasteiger partial charge is 0.279 e. The number of rotatable bonds is 9. The molecule has 3 rings (SSSR count). The Hall–Kier alpha value is -3.54. The van der Waals surface area contributed by atoms with Gasteiger partial charge < -0.3 is 18.8 Å². The van der Waals surface area contributed by atoms with Crippen molar-refractivity contribution in [2.75, 3.05) is 19.8 Å². The van der Waals surface area contributed by atoms with E-state index in [9.17, 15) is 4.79 Å². The first-order valence-electron chi connectivity index (χ1n) is 10.9. The summed E-state index contributed by atoms with van der Waals surface area (Å²) in [4.78, 5) is 17.5. The fraction of sp³-hybridized carbons (Fsp3) is 0.308. The molecule has 3 aromatic rings. The average molecular weight is 435 g/mol. The third-order valence-corrected chi connectivity index (χ3v) is 4.76. The van der Waals surface area contributed by atoms with Crippen molar-refractivity contribution in [3.05, 3.63) is 83.0 Å². The van der Waals surface area contributed by atoms with Gasteiger partial charge in [0.1, 0.15) is 5.49 Å². The zero-order chi connectivity index (χ0) is 22.9. The molecule has 6 nitrogen and oxygen atoms in total. The summed E-state index contributed by atoms with van der Waals surface area (Å²) in [5.41, 5.74) is 3.29. The zero-order valence-corrected chi connectivity index (χ0v) is 19.1. The molecule has 32 heavy (non-hydrogen) atoms. The van der Waals surface area contributed by atoms with Crippen molar-refractivity contribution < 1.29 is 19.0 Å². The second kappa shape index (κ2) is 11.2. The maximum atomic E-state index is 13.1. The Morgan fingerprint density at radius 2 is 1.50 bits per heavy atom. The lowest BCUT2D eigenvalue weighted by atomic mass is 10.1. The molecule has 168 valence electrons. The van der Waals surface area contributed by atoms with Gasteiger partial charge in [0.15, 0.2) is 11.5 Å². The number of carbonyl (C=O) groups excluding carboxylic acids is 1. The van der Waals surface area contributed by atoms with E-state index in [2.05, 4.69) is 36.2 Å². The van der Waals surface area contributed by atoms with Crippen LogP contribution in [0.3, 0.4) is 0 Å². The number of ether oxygens (including phenoxy) is 3. The monoisotopic (exact) mass is 434 g/mol. The molecule has 1 heterocycles. The fourth-order valence-electron chi connectivity index (χ4n) is 3.27. The lowest BCUT2D eigenvalue weighted by Gasteiger charge is -2.16. The van der Waals surface area contributed by atoms with Gasteiger partial charge in [-0.15, -0.1) is 0 Å². The summed E-state index contributed by atoms with van der Waals surface area (Å²) in [5, 5.41) is 0. The first kappa shape index (κ1) is 23.1. The van der Waals surface area contributed by atoms with Crippen LogP contribution in [-0.2, 0) is 6.54 Å². The molecule has 1 aromatic heterocycles. The van der Waals surface area contributed by atoms with Crippen molar-refractivity contribution in [1.82, 2.24) is 4.57 Å². The fourth-order valence-corrected chi connectivity index (χ4v) is 3.27. The average Bonchev–Trinajstić information content (AvgIpc) is 2.79. The van der Waals surface area contributed by atoms with Crippen molar-refractivity contribution in [2.45, 2.75) is 34.2 Å². The van der Waals surface area contributed by atoms with Crippen molar-refractivity contribution in [3.63, 3.8) is 0 Å². The first-order valence-corrected chi connectivity index (χ1v) is 10.9. The van der Waals surface area contributed by atoms with Gasteiger partial charge in [-0.25, -0.2) is 0 Å². The molecule has 0 spiro atoms. The van der Waals surface area contributed by atoms with Crippen LogP contribution in [0.1, 0.15) is 42.3 Å². The Kier molecular flexibility index (Phi) is 8.08. The van der Waals surface area contributed by atoms with Gasteiger partial charge in [0.05, 0.1) is 19.8 Å². The van der Waals surface area contributed by atoms with E-state index in [-0.39, 0.29) is 5.91 Å². The molecule has 0 aliphatic rings. The summed E-state index contributed by atoms with van der Waals surface area (Å²) in [5.74, 6) is 1.07. The lowest BCUT2D eigenvalue weighted by molar-refractivity contribution is 0.0996. The number of benzene rings is 2. The first-order chi connectivity index (χ1) is 15.5. The highest BCUT2D eigenvalue weighted by Crippen LogP contribution is 2.39. The summed E-state index contributed by atoms with van der Waals surface area (Å²) in [6, 6.07) is 17.3. The van der Waals surface area contributed by atoms with Crippen LogP contribution in [0, 0.1) is 6.92 Å². The number of nitrogens with zero attached hydrogens (tertiary/aromatic N) is 2. The van der Waals surface area contributed by atoms with Gasteiger partial charge in [0, 0.05) is 18.3 Å². The summed E-state index contributed by atoms with van der Waals surface area (Å²) in [6.07, 6.45) is 1.92. The molecule has 0 unspecified atom stereocenters. The third-order valence-electron chi connectivity index (χ3n) is 4.76.